The Morgan fingerprint density at radius 1 is 1.20 bits per heavy atom. The van der Waals surface area contributed by atoms with Gasteiger partial charge in [-0.2, -0.15) is 0 Å². The molecule has 0 aliphatic rings. The first-order chi connectivity index (χ1) is 9.40. The first-order valence-corrected chi connectivity index (χ1v) is 5.60. The van der Waals surface area contributed by atoms with E-state index in [0.29, 0.717) is 5.82 Å². The van der Waals surface area contributed by atoms with Gasteiger partial charge in [-0.1, -0.05) is 0 Å². The van der Waals surface area contributed by atoms with Gasteiger partial charge in [0.15, 0.2) is 0 Å². The number of pyridine rings is 1. The Labute approximate surface area is 114 Å². The van der Waals surface area contributed by atoms with Crippen molar-refractivity contribution >= 4 is 17.5 Å². The number of carbonyl (C=O) groups excluding carboxylic acids is 1. The zero-order chi connectivity index (χ0) is 15.1. The van der Waals surface area contributed by atoms with Crippen LogP contribution in [0, 0.1) is 17.0 Å². The maximum Gasteiger partial charge on any atom is 0.270 e. The predicted octanol–water partition coefficient (Wildman–Crippen LogP) is 0.350. The van der Waals surface area contributed by atoms with Crippen molar-refractivity contribution in [2.24, 2.45) is 0 Å². The Bertz CT molecular complexity index is 540. The number of nitrogens with two attached hydrogens (primary N) is 1. The van der Waals surface area contributed by atoms with Gasteiger partial charge < -0.3 is 9.90 Å². The molecular weight excluding hydrogens is 262 g/mol. The SMILES string of the molecule is Cc1ccc(N)[nH+]c1.O=C([O-])c1ccc([N+](=O)[O-])cc1. The highest BCUT2D eigenvalue weighted by molar-refractivity contribution is 5.85. The Morgan fingerprint density at radius 3 is 2.15 bits per heavy atom. The average molecular weight is 275 g/mol. The largest absolute Gasteiger partial charge is 0.545 e. The second-order valence-corrected chi connectivity index (χ2v) is 3.91. The Kier molecular flexibility index (Phi) is 5.16. The van der Waals surface area contributed by atoms with Crippen LogP contribution in [0.3, 0.4) is 0 Å². The number of H-pyrrole nitrogens is 1. The number of carboxylic acids is 1. The van der Waals surface area contributed by atoms with E-state index in [9.17, 15) is 20.0 Å². The molecular formula is C13H13N3O4. The standard InChI is InChI=1S/C7H5NO4.C6H8N2/c9-7(10)5-1-3-6(4-2-5)8(11)12;1-5-2-3-6(7)8-4-5/h1-4H,(H,9,10);2-4H,1H3,(H2,7,8). The second kappa shape index (κ2) is 6.83. The van der Waals surface area contributed by atoms with Crippen molar-refractivity contribution in [2.75, 3.05) is 5.73 Å². The first kappa shape index (κ1) is 15.1. The van der Waals surface area contributed by atoms with Crippen molar-refractivity contribution in [2.45, 2.75) is 6.92 Å². The molecule has 0 atom stereocenters. The van der Waals surface area contributed by atoms with Crippen LogP contribution in [0.15, 0.2) is 42.6 Å². The summed E-state index contributed by atoms with van der Waals surface area (Å²) in [4.78, 5) is 22.6. The van der Waals surface area contributed by atoms with Crippen LogP contribution in [0.25, 0.3) is 0 Å². The third-order valence-corrected chi connectivity index (χ3v) is 2.31. The highest BCUT2D eigenvalue weighted by Gasteiger charge is 2.03. The molecule has 0 saturated heterocycles. The van der Waals surface area contributed by atoms with Crippen LogP contribution in [0.1, 0.15) is 15.9 Å². The number of nitrogens with zero attached hydrogens (tertiary/aromatic N) is 1. The molecule has 0 saturated carbocycles. The summed E-state index contributed by atoms with van der Waals surface area (Å²) in [6, 6.07) is 8.30. The molecule has 1 aromatic carbocycles. The van der Waals surface area contributed by atoms with Crippen LogP contribution >= 0.6 is 0 Å². The molecule has 0 amide bonds. The van der Waals surface area contributed by atoms with Crippen molar-refractivity contribution in [3.05, 3.63) is 63.8 Å². The number of hydrogen-bond donors (Lipinski definition) is 1. The summed E-state index contributed by atoms with van der Waals surface area (Å²) < 4.78 is 0. The van der Waals surface area contributed by atoms with Gasteiger partial charge >= 0.3 is 0 Å². The van der Waals surface area contributed by atoms with Crippen molar-refractivity contribution in [3.8, 4) is 0 Å². The van der Waals surface area contributed by atoms with Gasteiger partial charge in [-0.3, -0.25) is 15.8 Å². The molecule has 0 bridgehead atoms. The predicted molar refractivity (Wildman–Crippen MR) is 69.6 cm³/mol. The van der Waals surface area contributed by atoms with E-state index in [2.05, 4.69) is 4.98 Å². The molecule has 0 radical (unpaired) electrons. The van der Waals surface area contributed by atoms with Gasteiger partial charge in [0.25, 0.3) is 11.5 Å². The number of nitrogen functional groups attached to an aromatic ring is 1. The number of aromatic carboxylic acids is 1. The molecule has 0 aliphatic heterocycles. The van der Waals surface area contributed by atoms with E-state index in [4.69, 9.17) is 5.73 Å². The molecule has 2 aromatic rings. The van der Waals surface area contributed by atoms with Crippen molar-refractivity contribution < 1.29 is 19.8 Å². The number of aromatic nitrogens is 1. The monoisotopic (exact) mass is 275 g/mol. The van der Waals surface area contributed by atoms with E-state index < -0.39 is 10.9 Å². The zero-order valence-electron chi connectivity index (χ0n) is 10.7. The molecule has 104 valence electrons. The Hall–Kier alpha value is -2.96. The highest BCUT2D eigenvalue weighted by atomic mass is 16.6. The molecule has 7 heteroatoms. The lowest BCUT2D eigenvalue weighted by Crippen LogP contribution is -2.21. The summed E-state index contributed by atoms with van der Waals surface area (Å²) in [5, 5.41) is 20.3. The third-order valence-electron chi connectivity index (χ3n) is 2.31. The fraction of sp³-hybridized carbons (Fsp3) is 0.0769. The van der Waals surface area contributed by atoms with E-state index in [1.807, 2.05) is 25.3 Å². The third kappa shape index (κ3) is 4.73. The highest BCUT2D eigenvalue weighted by Crippen LogP contribution is 2.10. The molecule has 2 rings (SSSR count). The van der Waals surface area contributed by atoms with E-state index >= 15 is 0 Å². The number of benzene rings is 1. The van der Waals surface area contributed by atoms with Crippen molar-refractivity contribution in [1.29, 1.82) is 0 Å². The fourth-order valence-corrected chi connectivity index (χ4v) is 1.23. The van der Waals surface area contributed by atoms with E-state index in [1.165, 1.54) is 5.56 Å². The molecule has 7 nitrogen and oxygen atoms in total. The van der Waals surface area contributed by atoms with Crippen molar-refractivity contribution in [1.82, 2.24) is 0 Å². The van der Waals surface area contributed by atoms with Gasteiger partial charge in [0.1, 0.15) is 0 Å². The summed E-state index contributed by atoms with van der Waals surface area (Å²) in [5.74, 6) is -0.638. The topological polar surface area (TPSA) is 123 Å². The molecule has 1 aromatic heterocycles. The van der Waals surface area contributed by atoms with Crippen LogP contribution < -0.4 is 15.8 Å². The molecule has 1 heterocycles. The number of nitro groups is 1. The van der Waals surface area contributed by atoms with E-state index in [0.717, 1.165) is 24.3 Å². The van der Waals surface area contributed by atoms with Gasteiger partial charge in [-0.25, -0.2) is 4.98 Å². The average Bonchev–Trinajstić information content (AvgIpc) is 2.43. The number of rotatable bonds is 2. The molecule has 0 aliphatic carbocycles. The van der Waals surface area contributed by atoms with Crippen LogP contribution in [-0.4, -0.2) is 10.9 Å². The number of aromatic amines is 1. The second-order valence-electron chi connectivity index (χ2n) is 3.91. The molecule has 0 fully saturated rings. The van der Waals surface area contributed by atoms with Gasteiger partial charge in [0.2, 0.25) is 0 Å². The number of nitro benzene ring substituents is 1. The Morgan fingerprint density at radius 2 is 1.80 bits per heavy atom. The maximum absolute atomic E-state index is 10.2. The van der Waals surface area contributed by atoms with Crippen LogP contribution in [0.2, 0.25) is 0 Å². The van der Waals surface area contributed by atoms with E-state index in [1.54, 1.807) is 0 Å². The minimum Gasteiger partial charge on any atom is -0.545 e. The summed E-state index contributed by atoms with van der Waals surface area (Å²) in [5.41, 5.74) is 6.36. The number of carboxylic acid groups (broad SMARTS) is 1. The maximum atomic E-state index is 10.2. The van der Waals surface area contributed by atoms with Gasteiger partial charge in [0.05, 0.1) is 17.1 Å². The van der Waals surface area contributed by atoms with Crippen LogP contribution in [-0.2, 0) is 0 Å². The first-order valence-electron chi connectivity index (χ1n) is 5.60. The van der Waals surface area contributed by atoms with Gasteiger partial charge in [-0.15, -0.1) is 0 Å². The number of carbonyl (C=O) groups is 1. The summed E-state index contributed by atoms with van der Waals surface area (Å²) >= 11 is 0. The number of non-ortho nitro benzene ring substituents is 1. The number of aryl methyl sites for hydroxylation is 1. The summed E-state index contributed by atoms with van der Waals surface area (Å²) in [6.45, 7) is 2.01. The summed E-state index contributed by atoms with van der Waals surface area (Å²) in [7, 11) is 0. The minimum absolute atomic E-state index is 0.0689. The molecule has 20 heavy (non-hydrogen) atoms. The smallest absolute Gasteiger partial charge is 0.270 e. The molecule has 0 unspecified atom stereocenters. The summed E-state index contributed by atoms with van der Waals surface area (Å²) in [6.07, 6.45) is 1.87. The van der Waals surface area contributed by atoms with Gasteiger partial charge in [-0.05, 0) is 36.2 Å². The van der Waals surface area contributed by atoms with Gasteiger partial charge in [0, 0.05) is 18.2 Å². The lowest BCUT2D eigenvalue weighted by molar-refractivity contribution is -0.384. The molecule has 0 spiro atoms. The normalized spacial score (nSPS) is 9.25. The fourth-order valence-electron chi connectivity index (χ4n) is 1.23. The lowest BCUT2D eigenvalue weighted by atomic mass is 10.2. The number of hydrogen-bond acceptors (Lipinski definition) is 5. The number of nitrogens with one attached hydrogen (secondary N) is 1. The van der Waals surface area contributed by atoms with E-state index in [-0.39, 0.29) is 11.3 Å². The zero-order valence-corrected chi connectivity index (χ0v) is 10.7. The number of anilines is 1. The Balaban J connectivity index is 0.000000217. The van der Waals surface area contributed by atoms with Crippen LogP contribution in [0.5, 0.6) is 0 Å². The minimum atomic E-state index is -1.34. The lowest BCUT2D eigenvalue weighted by Gasteiger charge is -1.99. The van der Waals surface area contributed by atoms with Crippen LogP contribution in [0.4, 0.5) is 11.5 Å². The van der Waals surface area contributed by atoms with Crippen molar-refractivity contribution in [3.63, 3.8) is 0 Å². The molecule has 3 N–H and O–H groups in total. The quantitative estimate of drug-likeness (QED) is 0.625.